The lowest BCUT2D eigenvalue weighted by Crippen LogP contribution is -2.25. The van der Waals surface area contributed by atoms with E-state index in [0.29, 0.717) is 5.56 Å². The number of alkyl halides is 2. The smallest absolute Gasteiger partial charge is 0.397 e. The fraction of sp³-hybridized carbons (Fsp3) is 0.273. The monoisotopic (exact) mass is 230 g/mol. The molecule has 1 aliphatic heterocycles. The van der Waals surface area contributed by atoms with Crippen LogP contribution in [0.2, 0.25) is 0 Å². The Morgan fingerprint density at radius 1 is 1.38 bits per heavy atom. The molecule has 0 fully saturated rings. The van der Waals surface area contributed by atoms with E-state index in [2.05, 4.69) is 16.1 Å². The van der Waals surface area contributed by atoms with E-state index in [1.165, 1.54) is 12.1 Å². The summed E-state index contributed by atoms with van der Waals surface area (Å²) in [6.07, 6.45) is -2.00. The van der Waals surface area contributed by atoms with E-state index in [9.17, 15) is 8.78 Å². The number of hydrogen-bond acceptors (Lipinski definition) is 3. The van der Waals surface area contributed by atoms with E-state index in [4.69, 9.17) is 5.11 Å². The topological polar surface area (TPSA) is 38.7 Å². The molecule has 1 aromatic carbocycles. The highest BCUT2D eigenvalue weighted by atomic mass is 19.3. The van der Waals surface area contributed by atoms with Crippen molar-refractivity contribution >= 4 is 6.08 Å². The molecule has 0 atom stereocenters. The van der Waals surface area contributed by atoms with Gasteiger partial charge in [-0.1, -0.05) is 18.7 Å². The summed E-state index contributed by atoms with van der Waals surface area (Å²) in [5.41, 5.74) is 0.708. The number of fused-ring (bicyclic) bond motifs is 1. The van der Waals surface area contributed by atoms with Crippen LogP contribution in [-0.2, 0) is 0 Å². The summed E-state index contributed by atoms with van der Waals surface area (Å²) in [6.45, 7) is 5.44. The van der Waals surface area contributed by atoms with Crippen molar-refractivity contribution in [1.82, 2.24) is 0 Å². The van der Waals surface area contributed by atoms with E-state index in [0.717, 1.165) is 0 Å². The van der Waals surface area contributed by atoms with E-state index >= 15 is 0 Å². The van der Waals surface area contributed by atoms with Crippen LogP contribution in [-0.4, -0.2) is 18.0 Å². The van der Waals surface area contributed by atoms with Gasteiger partial charge in [0.25, 0.3) is 0 Å². The van der Waals surface area contributed by atoms with Crippen LogP contribution in [0.3, 0.4) is 0 Å². The Labute approximate surface area is 91.9 Å². The zero-order valence-electron chi connectivity index (χ0n) is 8.74. The second-order valence-electron chi connectivity index (χ2n) is 2.89. The molecular formula is C11H12F2O3. The third-order valence-corrected chi connectivity index (χ3v) is 1.66. The molecule has 0 unspecified atom stereocenters. The molecule has 1 heterocycles. The Morgan fingerprint density at radius 2 is 1.94 bits per heavy atom. The van der Waals surface area contributed by atoms with Gasteiger partial charge in [0, 0.05) is 6.61 Å². The van der Waals surface area contributed by atoms with Crippen LogP contribution in [0.1, 0.15) is 12.5 Å². The molecule has 0 aromatic heterocycles. The minimum atomic E-state index is -3.54. The maximum absolute atomic E-state index is 12.5. The van der Waals surface area contributed by atoms with E-state index in [1.807, 2.05) is 0 Å². The van der Waals surface area contributed by atoms with Crippen LogP contribution < -0.4 is 9.47 Å². The Hall–Kier alpha value is -1.62. The normalized spacial score (nSPS) is 15.0. The number of aliphatic hydroxyl groups is 1. The van der Waals surface area contributed by atoms with Gasteiger partial charge in [0.15, 0.2) is 11.5 Å². The minimum Gasteiger partial charge on any atom is -0.397 e. The van der Waals surface area contributed by atoms with Crippen LogP contribution in [0.15, 0.2) is 24.8 Å². The van der Waals surface area contributed by atoms with E-state index in [-0.39, 0.29) is 18.1 Å². The predicted molar refractivity (Wildman–Crippen MR) is 55.5 cm³/mol. The third kappa shape index (κ3) is 2.93. The third-order valence-electron chi connectivity index (χ3n) is 1.66. The average Bonchev–Trinajstić information content (AvgIpc) is 2.51. The molecule has 0 radical (unpaired) electrons. The lowest BCUT2D eigenvalue weighted by Gasteiger charge is -2.04. The highest BCUT2D eigenvalue weighted by Crippen LogP contribution is 2.41. The first-order valence-corrected chi connectivity index (χ1v) is 4.65. The second kappa shape index (κ2) is 4.94. The zero-order chi connectivity index (χ0) is 12.2. The van der Waals surface area contributed by atoms with E-state index in [1.54, 1.807) is 19.1 Å². The van der Waals surface area contributed by atoms with Gasteiger partial charge in [-0.3, -0.25) is 0 Å². The molecule has 0 bridgehead atoms. The van der Waals surface area contributed by atoms with Crippen molar-refractivity contribution in [2.45, 2.75) is 13.2 Å². The molecule has 0 saturated carbocycles. The molecule has 1 aliphatic rings. The van der Waals surface area contributed by atoms with Crippen molar-refractivity contribution in [3.63, 3.8) is 0 Å². The number of halogens is 2. The Kier molecular flexibility index (Phi) is 3.84. The summed E-state index contributed by atoms with van der Waals surface area (Å²) in [6, 6.07) is 4.49. The van der Waals surface area contributed by atoms with Gasteiger partial charge in [0.2, 0.25) is 0 Å². The highest BCUT2D eigenvalue weighted by molar-refractivity contribution is 5.55. The molecule has 3 nitrogen and oxygen atoms in total. The van der Waals surface area contributed by atoms with Gasteiger partial charge < -0.3 is 14.6 Å². The summed E-state index contributed by atoms with van der Waals surface area (Å²) >= 11 is 0. The standard InChI is InChI=1S/C9H6F2O2.C2H6O/c1-2-6-3-4-7-8(5-6)13-9(10,11)12-7;1-2-3/h2-5H,1H2;3H,2H2,1H3. The quantitative estimate of drug-likeness (QED) is 0.806. The van der Waals surface area contributed by atoms with Crippen LogP contribution in [0.4, 0.5) is 8.78 Å². The first-order valence-electron chi connectivity index (χ1n) is 4.65. The van der Waals surface area contributed by atoms with Crippen molar-refractivity contribution in [3.8, 4) is 11.5 Å². The molecule has 16 heavy (non-hydrogen) atoms. The van der Waals surface area contributed by atoms with E-state index < -0.39 is 6.29 Å². The van der Waals surface area contributed by atoms with Crippen molar-refractivity contribution in [1.29, 1.82) is 0 Å². The molecule has 5 heteroatoms. The van der Waals surface area contributed by atoms with Gasteiger partial charge in [-0.25, -0.2) is 0 Å². The fourth-order valence-corrected chi connectivity index (χ4v) is 1.09. The van der Waals surface area contributed by atoms with Gasteiger partial charge in [-0.15, -0.1) is 8.78 Å². The van der Waals surface area contributed by atoms with Crippen molar-refractivity contribution < 1.29 is 23.4 Å². The number of ether oxygens (including phenoxy) is 2. The number of hydrogen-bond donors (Lipinski definition) is 1. The summed E-state index contributed by atoms with van der Waals surface area (Å²) in [7, 11) is 0. The summed E-state index contributed by atoms with van der Waals surface area (Å²) in [5.74, 6) is 0.0954. The van der Waals surface area contributed by atoms with Crippen LogP contribution in [0.5, 0.6) is 11.5 Å². The van der Waals surface area contributed by atoms with Crippen molar-refractivity contribution in [2.75, 3.05) is 6.61 Å². The SMILES string of the molecule is C=Cc1ccc2c(c1)OC(F)(F)O2.CCO. The van der Waals surface area contributed by atoms with Crippen molar-refractivity contribution in [3.05, 3.63) is 30.3 Å². The van der Waals surface area contributed by atoms with Crippen LogP contribution in [0, 0.1) is 0 Å². The largest absolute Gasteiger partial charge is 0.586 e. The maximum atomic E-state index is 12.5. The molecule has 2 rings (SSSR count). The van der Waals surface area contributed by atoms with Gasteiger partial charge in [0.05, 0.1) is 0 Å². The Morgan fingerprint density at radius 3 is 2.50 bits per heavy atom. The zero-order valence-corrected chi connectivity index (χ0v) is 8.74. The molecular weight excluding hydrogens is 218 g/mol. The minimum absolute atomic E-state index is 0.0439. The molecule has 1 aromatic rings. The molecule has 88 valence electrons. The first kappa shape index (κ1) is 12.4. The number of aliphatic hydroxyl groups excluding tert-OH is 1. The van der Waals surface area contributed by atoms with Gasteiger partial charge >= 0.3 is 6.29 Å². The molecule has 0 saturated heterocycles. The van der Waals surface area contributed by atoms with Gasteiger partial charge in [-0.2, -0.15) is 0 Å². The molecule has 0 aliphatic carbocycles. The lowest BCUT2D eigenvalue weighted by atomic mass is 10.2. The Bertz CT molecular complexity index is 377. The summed E-state index contributed by atoms with van der Waals surface area (Å²) < 4.78 is 33.4. The summed E-state index contributed by atoms with van der Waals surface area (Å²) in [4.78, 5) is 0. The second-order valence-corrected chi connectivity index (χ2v) is 2.89. The van der Waals surface area contributed by atoms with Gasteiger partial charge in [0.1, 0.15) is 0 Å². The van der Waals surface area contributed by atoms with Gasteiger partial charge in [-0.05, 0) is 24.6 Å². The number of rotatable bonds is 1. The maximum Gasteiger partial charge on any atom is 0.586 e. The fourth-order valence-electron chi connectivity index (χ4n) is 1.09. The predicted octanol–water partition coefficient (Wildman–Crippen LogP) is 2.65. The molecule has 0 spiro atoms. The Balaban J connectivity index is 0.000000386. The number of benzene rings is 1. The lowest BCUT2D eigenvalue weighted by molar-refractivity contribution is -0.286. The van der Waals surface area contributed by atoms with Crippen LogP contribution >= 0.6 is 0 Å². The summed E-state index contributed by atoms with van der Waals surface area (Å²) in [5, 5.41) is 7.57. The highest BCUT2D eigenvalue weighted by Gasteiger charge is 2.43. The first-order chi connectivity index (χ1) is 7.52. The average molecular weight is 230 g/mol. The van der Waals surface area contributed by atoms with Crippen molar-refractivity contribution in [2.24, 2.45) is 0 Å². The van der Waals surface area contributed by atoms with Crippen LogP contribution in [0.25, 0.3) is 6.08 Å². The molecule has 0 amide bonds. The molecule has 1 N–H and O–H groups in total.